The minimum absolute atomic E-state index is 0.606. The van der Waals surface area contributed by atoms with E-state index in [0.29, 0.717) is 5.56 Å². The van der Waals surface area contributed by atoms with Crippen LogP contribution in [0.15, 0.2) is 59.2 Å². The van der Waals surface area contributed by atoms with Crippen molar-refractivity contribution in [3.8, 4) is 6.07 Å². The minimum atomic E-state index is 0.606. The van der Waals surface area contributed by atoms with Crippen LogP contribution in [0.4, 0.5) is 11.4 Å². The number of fused-ring (bicyclic) bond motifs is 1. The van der Waals surface area contributed by atoms with Crippen LogP contribution in [-0.4, -0.2) is 4.98 Å². The summed E-state index contributed by atoms with van der Waals surface area (Å²) in [6.45, 7) is 0. The van der Waals surface area contributed by atoms with Gasteiger partial charge in [0.05, 0.1) is 16.8 Å². The average molecular weight is 324 g/mol. The molecule has 1 N–H and O–H groups in total. The summed E-state index contributed by atoms with van der Waals surface area (Å²) >= 11 is 3.43. The summed E-state index contributed by atoms with van der Waals surface area (Å²) < 4.78 is 0.928. The molecule has 0 saturated carbocycles. The van der Waals surface area contributed by atoms with Gasteiger partial charge in [-0.2, -0.15) is 5.26 Å². The van der Waals surface area contributed by atoms with E-state index in [4.69, 9.17) is 0 Å². The number of nitriles is 1. The number of hydrogen-bond donors (Lipinski definition) is 1. The topological polar surface area (TPSA) is 48.7 Å². The van der Waals surface area contributed by atoms with Crippen molar-refractivity contribution in [2.24, 2.45) is 0 Å². The number of nitrogens with zero attached hydrogens (tertiary/aromatic N) is 2. The summed E-state index contributed by atoms with van der Waals surface area (Å²) in [6, 6.07) is 17.5. The van der Waals surface area contributed by atoms with E-state index < -0.39 is 0 Å². The van der Waals surface area contributed by atoms with E-state index in [1.807, 2.05) is 42.5 Å². The van der Waals surface area contributed by atoms with Crippen LogP contribution in [0.1, 0.15) is 5.56 Å². The molecule has 0 unspecified atom stereocenters. The molecule has 0 aliphatic heterocycles. The Morgan fingerprint density at radius 3 is 2.80 bits per heavy atom. The van der Waals surface area contributed by atoms with Gasteiger partial charge in [0.1, 0.15) is 6.07 Å². The van der Waals surface area contributed by atoms with E-state index in [-0.39, 0.29) is 0 Å². The molecule has 96 valence electrons. The van der Waals surface area contributed by atoms with Crippen molar-refractivity contribution >= 4 is 38.2 Å². The van der Waals surface area contributed by atoms with Gasteiger partial charge in [-0.1, -0.05) is 22.0 Å². The number of anilines is 2. The molecule has 0 aliphatic rings. The number of rotatable bonds is 2. The molecular formula is C16H10BrN3. The molecule has 3 aromatic rings. The Labute approximate surface area is 125 Å². The van der Waals surface area contributed by atoms with E-state index >= 15 is 0 Å². The summed E-state index contributed by atoms with van der Waals surface area (Å²) in [7, 11) is 0. The lowest BCUT2D eigenvalue weighted by molar-refractivity contribution is 1.41. The zero-order valence-corrected chi connectivity index (χ0v) is 12.1. The van der Waals surface area contributed by atoms with Gasteiger partial charge in [0, 0.05) is 21.7 Å². The van der Waals surface area contributed by atoms with E-state index in [2.05, 4.69) is 32.3 Å². The highest BCUT2D eigenvalue weighted by Gasteiger charge is 2.06. The molecule has 2 aromatic carbocycles. The fourth-order valence-electron chi connectivity index (χ4n) is 2.07. The van der Waals surface area contributed by atoms with Crippen molar-refractivity contribution in [1.29, 1.82) is 5.26 Å². The fraction of sp³-hybridized carbons (Fsp3) is 0. The Bertz CT molecular complexity index is 816. The number of halogens is 1. The molecule has 0 atom stereocenters. The normalized spacial score (nSPS) is 10.2. The summed E-state index contributed by atoms with van der Waals surface area (Å²) in [5.74, 6) is 0. The van der Waals surface area contributed by atoms with Gasteiger partial charge in [-0.15, -0.1) is 0 Å². The zero-order chi connectivity index (χ0) is 13.9. The van der Waals surface area contributed by atoms with Gasteiger partial charge in [-0.05, 0) is 42.5 Å². The van der Waals surface area contributed by atoms with Crippen LogP contribution in [-0.2, 0) is 0 Å². The lowest BCUT2D eigenvalue weighted by atomic mass is 10.1. The molecule has 3 rings (SSSR count). The molecule has 0 bridgehead atoms. The number of hydrogen-bond acceptors (Lipinski definition) is 3. The van der Waals surface area contributed by atoms with Crippen LogP contribution in [0.5, 0.6) is 0 Å². The van der Waals surface area contributed by atoms with Gasteiger partial charge < -0.3 is 5.32 Å². The highest BCUT2D eigenvalue weighted by Crippen LogP contribution is 2.28. The second-order valence-electron chi connectivity index (χ2n) is 4.30. The summed E-state index contributed by atoms with van der Waals surface area (Å²) in [4.78, 5) is 4.33. The maximum absolute atomic E-state index is 9.18. The Hall–Kier alpha value is -2.38. The molecule has 0 saturated heterocycles. The third-order valence-electron chi connectivity index (χ3n) is 3.02. The number of pyridine rings is 1. The Morgan fingerprint density at radius 1 is 1.05 bits per heavy atom. The second-order valence-corrected chi connectivity index (χ2v) is 5.22. The molecule has 0 amide bonds. The van der Waals surface area contributed by atoms with E-state index in [1.54, 1.807) is 12.3 Å². The van der Waals surface area contributed by atoms with Gasteiger partial charge in [0.25, 0.3) is 0 Å². The maximum Gasteiger partial charge on any atom is 0.101 e. The molecule has 1 heterocycles. The van der Waals surface area contributed by atoms with Crippen molar-refractivity contribution in [1.82, 2.24) is 4.98 Å². The largest absolute Gasteiger partial charge is 0.354 e. The number of aromatic nitrogens is 1. The maximum atomic E-state index is 9.18. The molecule has 1 aromatic heterocycles. The van der Waals surface area contributed by atoms with E-state index in [9.17, 15) is 5.26 Å². The SMILES string of the molecule is N#Cc1ccc(Br)cc1Nc1cccc2ncccc12. The van der Waals surface area contributed by atoms with Crippen LogP contribution in [0, 0.1) is 11.3 Å². The molecule has 4 heteroatoms. The monoisotopic (exact) mass is 323 g/mol. The molecule has 0 radical (unpaired) electrons. The first-order chi connectivity index (χ1) is 9.78. The van der Waals surface area contributed by atoms with Crippen molar-refractivity contribution in [3.63, 3.8) is 0 Å². The van der Waals surface area contributed by atoms with Gasteiger partial charge >= 0.3 is 0 Å². The lowest BCUT2D eigenvalue weighted by Crippen LogP contribution is -1.95. The summed E-state index contributed by atoms with van der Waals surface area (Å²) in [5, 5.41) is 13.5. The minimum Gasteiger partial charge on any atom is -0.354 e. The Morgan fingerprint density at radius 2 is 1.95 bits per heavy atom. The highest BCUT2D eigenvalue weighted by atomic mass is 79.9. The molecule has 0 fully saturated rings. The smallest absolute Gasteiger partial charge is 0.101 e. The van der Waals surface area contributed by atoms with Crippen molar-refractivity contribution in [2.75, 3.05) is 5.32 Å². The highest BCUT2D eigenvalue weighted by molar-refractivity contribution is 9.10. The van der Waals surface area contributed by atoms with Crippen molar-refractivity contribution in [2.45, 2.75) is 0 Å². The van der Waals surface area contributed by atoms with Crippen LogP contribution >= 0.6 is 15.9 Å². The molecule has 0 aliphatic carbocycles. The predicted octanol–water partition coefficient (Wildman–Crippen LogP) is 4.61. The van der Waals surface area contributed by atoms with Crippen molar-refractivity contribution in [3.05, 3.63) is 64.8 Å². The Kier molecular flexibility index (Phi) is 3.36. The number of benzene rings is 2. The lowest BCUT2D eigenvalue weighted by Gasteiger charge is -2.11. The van der Waals surface area contributed by atoms with Crippen LogP contribution in [0.2, 0.25) is 0 Å². The number of nitrogens with one attached hydrogen (secondary N) is 1. The van der Waals surface area contributed by atoms with Gasteiger partial charge in [-0.3, -0.25) is 4.98 Å². The van der Waals surface area contributed by atoms with Crippen molar-refractivity contribution < 1.29 is 0 Å². The van der Waals surface area contributed by atoms with Crippen LogP contribution in [0.3, 0.4) is 0 Å². The zero-order valence-electron chi connectivity index (χ0n) is 10.5. The molecule has 20 heavy (non-hydrogen) atoms. The molecular weight excluding hydrogens is 314 g/mol. The van der Waals surface area contributed by atoms with Gasteiger partial charge in [0.2, 0.25) is 0 Å². The molecule has 3 nitrogen and oxygen atoms in total. The first-order valence-electron chi connectivity index (χ1n) is 6.08. The van der Waals surface area contributed by atoms with Crippen LogP contribution in [0.25, 0.3) is 10.9 Å². The van der Waals surface area contributed by atoms with Gasteiger partial charge in [-0.25, -0.2) is 0 Å². The third kappa shape index (κ3) is 2.36. The van der Waals surface area contributed by atoms with E-state index in [1.165, 1.54) is 0 Å². The standard InChI is InChI=1S/C16H10BrN3/c17-12-7-6-11(10-18)16(9-12)20-15-5-1-4-14-13(15)3-2-8-19-14/h1-9,20H. The second kappa shape index (κ2) is 5.32. The quantitative estimate of drug-likeness (QED) is 0.749. The average Bonchev–Trinajstić information content (AvgIpc) is 2.48. The summed E-state index contributed by atoms with van der Waals surface area (Å²) in [5.41, 5.74) is 3.24. The Balaban J connectivity index is 2.10. The van der Waals surface area contributed by atoms with Crippen LogP contribution < -0.4 is 5.32 Å². The first kappa shape index (κ1) is 12.6. The fourth-order valence-corrected chi connectivity index (χ4v) is 2.44. The third-order valence-corrected chi connectivity index (χ3v) is 3.51. The first-order valence-corrected chi connectivity index (χ1v) is 6.87. The predicted molar refractivity (Wildman–Crippen MR) is 83.9 cm³/mol. The molecule has 0 spiro atoms. The summed E-state index contributed by atoms with van der Waals surface area (Å²) in [6.07, 6.45) is 1.77. The van der Waals surface area contributed by atoms with Gasteiger partial charge in [0.15, 0.2) is 0 Å². The van der Waals surface area contributed by atoms with E-state index in [0.717, 1.165) is 26.8 Å².